The minimum Gasteiger partial charge on any atom is -0.481 e. The first-order valence-corrected chi connectivity index (χ1v) is 11.0. The average Bonchev–Trinajstić information content (AvgIpc) is 2.71. The summed E-state index contributed by atoms with van der Waals surface area (Å²) < 4.78 is 33.6. The van der Waals surface area contributed by atoms with Crippen LogP contribution < -0.4 is 14.8 Å². The van der Waals surface area contributed by atoms with Crippen LogP contribution in [-0.4, -0.2) is 20.4 Å². The van der Waals surface area contributed by atoms with Gasteiger partial charge in [0.1, 0.15) is 5.75 Å². The van der Waals surface area contributed by atoms with Crippen molar-refractivity contribution < 1.29 is 17.9 Å². The van der Waals surface area contributed by atoms with Gasteiger partial charge in [0, 0.05) is 5.69 Å². The highest BCUT2D eigenvalue weighted by Crippen LogP contribution is 2.22. The molecule has 3 rings (SSSR count). The Kier molecular flexibility index (Phi) is 6.42. The summed E-state index contributed by atoms with van der Waals surface area (Å²) in [6.07, 6.45) is -0.707. The zero-order chi connectivity index (χ0) is 21.7. The molecule has 7 heteroatoms. The van der Waals surface area contributed by atoms with E-state index in [4.69, 9.17) is 4.74 Å². The van der Waals surface area contributed by atoms with Gasteiger partial charge in [-0.3, -0.25) is 9.52 Å². The maximum absolute atomic E-state index is 12.7. The van der Waals surface area contributed by atoms with Gasteiger partial charge in [-0.05, 0) is 74.4 Å². The third-order valence-electron chi connectivity index (χ3n) is 4.49. The van der Waals surface area contributed by atoms with Crippen LogP contribution in [0, 0.1) is 13.8 Å². The topological polar surface area (TPSA) is 84.5 Å². The van der Waals surface area contributed by atoms with Gasteiger partial charge >= 0.3 is 0 Å². The molecule has 1 atom stereocenters. The lowest BCUT2D eigenvalue weighted by molar-refractivity contribution is -0.122. The Morgan fingerprint density at radius 2 is 1.60 bits per heavy atom. The maximum Gasteiger partial charge on any atom is 0.265 e. The van der Waals surface area contributed by atoms with Crippen molar-refractivity contribution in [3.63, 3.8) is 0 Å². The van der Waals surface area contributed by atoms with E-state index in [2.05, 4.69) is 10.0 Å². The van der Waals surface area contributed by atoms with Gasteiger partial charge in [0.15, 0.2) is 6.10 Å². The largest absolute Gasteiger partial charge is 0.481 e. The van der Waals surface area contributed by atoms with Crippen molar-refractivity contribution in [2.45, 2.75) is 31.8 Å². The lowest BCUT2D eigenvalue weighted by atomic mass is 10.1. The number of para-hydroxylation sites is 1. The van der Waals surface area contributed by atoms with E-state index < -0.39 is 16.1 Å². The van der Waals surface area contributed by atoms with Crippen molar-refractivity contribution in [3.8, 4) is 5.75 Å². The van der Waals surface area contributed by atoms with Crippen molar-refractivity contribution in [2.24, 2.45) is 0 Å². The maximum atomic E-state index is 12.7. The molecular weight excluding hydrogens is 400 g/mol. The van der Waals surface area contributed by atoms with Gasteiger partial charge in [-0.2, -0.15) is 0 Å². The second-order valence-electron chi connectivity index (χ2n) is 7.01. The van der Waals surface area contributed by atoms with Crippen LogP contribution in [0.1, 0.15) is 18.1 Å². The molecule has 3 aromatic carbocycles. The molecule has 2 N–H and O–H groups in total. The number of hydrogen-bond acceptors (Lipinski definition) is 4. The zero-order valence-electron chi connectivity index (χ0n) is 17.0. The Balaban J connectivity index is 1.66. The first-order chi connectivity index (χ1) is 14.2. The van der Waals surface area contributed by atoms with E-state index in [9.17, 15) is 13.2 Å². The third-order valence-corrected chi connectivity index (χ3v) is 5.88. The lowest BCUT2D eigenvalue weighted by Gasteiger charge is -2.15. The van der Waals surface area contributed by atoms with E-state index >= 15 is 0 Å². The van der Waals surface area contributed by atoms with Gasteiger partial charge in [0.05, 0.1) is 10.6 Å². The summed E-state index contributed by atoms with van der Waals surface area (Å²) in [5.74, 6) is 0.266. The van der Waals surface area contributed by atoms with Crippen molar-refractivity contribution in [1.29, 1.82) is 0 Å². The molecule has 0 radical (unpaired) electrons. The van der Waals surface area contributed by atoms with E-state index in [1.54, 1.807) is 37.3 Å². The summed E-state index contributed by atoms with van der Waals surface area (Å²) in [5.41, 5.74) is 2.82. The minimum atomic E-state index is -3.74. The number of carbonyl (C=O) groups is 1. The highest BCUT2D eigenvalue weighted by Gasteiger charge is 2.17. The molecule has 30 heavy (non-hydrogen) atoms. The number of benzene rings is 3. The second-order valence-corrected chi connectivity index (χ2v) is 8.69. The number of anilines is 2. The summed E-state index contributed by atoms with van der Waals surface area (Å²) in [4.78, 5) is 12.4. The van der Waals surface area contributed by atoms with Crippen molar-refractivity contribution in [2.75, 3.05) is 10.0 Å². The predicted octanol–water partition coefficient (Wildman–Crippen LogP) is 4.51. The van der Waals surface area contributed by atoms with Gasteiger partial charge in [0.2, 0.25) is 0 Å². The number of hydrogen-bond donors (Lipinski definition) is 2. The molecule has 3 aromatic rings. The monoisotopic (exact) mass is 424 g/mol. The molecule has 0 saturated carbocycles. The fourth-order valence-corrected chi connectivity index (χ4v) is 3.89. The molecule has 0 aromatic heterocycles. The van der Waals surface area contributed by atoms with E-state index in [1.165, 1.54) is 12.1 Å². The Bertz CT molecular complexity index is 1130. The normalized spacial score (nSPS) is 12.1. The number of ether oxygens (including phenoxy) is 1. The summed E-state index contributed by atoms with van der Waals surface area (Å²) in [6.45, 7) is 5.39. The molecule has 0 aliphatic carbocycles. The van der Waals surface area contributed by atoms with Crippen LogP contribution in [0.15, 0.2) is 77.7 Å². The minimum absolute atomic E-state index is 0.106. The predicted molar refractivity (Wildman–Crippen MR) is 118 cm³/mol. The fourth-order valence-electron chi connectivity index (χ4n) is 2.77. The number of rotatable bonds is 7. The van der Waals surface area contributed by atoms with Crippen molar-refractivity contribution >= 4 is 27.3 Å². The van der Waals surface area contributed by atoms with Gasteiger partial charge in [-0.15, -0.1) is 0 Å². The van der Waals surface area contributed by atoms with E-state index in [0.717, 1.165) is 11.1 Å². The van der Waals surface area contributed by atoms with Crippen LogP contribution in [0.3, 0.4) is 0 Å². The molecule has 156 valence electrons. The number of nitrogens with one attached hydrogen (secondary N) is 2. The van der Waals surface area contributed by atoms with Gasteiger partial charge in [-0.25, -0.2) is 8.42 Å². The van der Waals surface area contributed by atoms with Crippen LogP contribution in [0.2, 0.25) is 0 Å². The van der Waals surface area contributed by atoms with Crippen LogP contribution in [0.5, 0.6) is 5.75 Å². The number of amides is 1. The van der Waals surface area contributed by atoms with Crippen molar-refractivity contribution in [1.82, 2.24) is 0 Å². The fraction of sp³-hybridized carbons (Fsp3) is 0.174. The van der Waals surface area contributed by atoms with Gasteiger partial charge in [-0.1, -0.05) is 30.3 Å². The smallest absolute Gasteiger partial charge is 0.265 e. The Labute approximate surface area is 177 Å². The molecular formula is C23H24N2O4S. The van der Waals surface area contributed by atoms with E-state index in [-0.39, 0.29) is 10.8 Å². The van der Waals surface area contributed by atoms with Gasteiger partial charge in [0.25, 0.3) is 15.9 Å². The van der Waals surface area contributed by atoms with Crippen molar-refractivity contribution in [3.05, 3.63) is 83.9 Å². The summed E-state index contributed by atoms with van der Waals surface area (Å²) in [7, 11) is -3.74. The number of carbonyl (C=O) groups excluding carboxylic acids is 1. The molecule has 0 spiro atoms. The van der Waals surface area contributed by atoms with E-state index in [1.807, 2.05) is 44.2 Å². The first kappa shape index (κ1) is 21.4. The summed E-state index contributed by atoms with van der Waals surface area (Å²) in [5, 5.41) is 2.73. The van der Waals surface area contributed by atoms with Crippen LogP contribution in [0.4, 0.5) is 11.4 Å². The number of sulfonamides is 1. The molecule has 0 heterocycles. The quantitative estimate of drug-likeness (QED) is 0.584. The first-order valence-electron chi connectivity index (χ1n) is 9.47. The molecule has 0 aliphatic heterocycles. The summed E-state index contributed by atoms with van der Waals surface area (Å²) in [6, 6.07) is 20.6. The lowest BCUT2D eigenvalue weighted by Crippen LogP contribution is -2.30. The third kappa shape index (κ3) is 5.39. The zero-order valence-corrected chi connectivity index (χ0v) is 17.9. The molecule has 0 saturated heterocycles. The Morgan fingerprint density at radius 1 is 0.933 bits per heavy atom. The Morgan fingerprint density at radius 3 is 2.27 bits per heavy atom. The van der Waals surface area contributed by atoms with Crippen LogP contribution in [0.25, 0.3) is 0 Å². The second kappa shape index (κ2) is 9.00. The molecule has 0 bridgehead atoms. The molecule has 1 amide bonds. The molecule has 0 fully saturated rings. The highest BCUT2D eigenvalue weighted by molar-refractivity contribution is 7.92. The average molecular weight is 425 g/mol. The van der Waals surface area contributed by atoms with Crippen LogP contribution in [-0.2, 0) is 14.8 Å². The standard InChI is InChI=1S/C23H24N2O4S/c1-16-9-10-17(2)22(15-16)25-30(27,28)21-13-11-19(12-14-21)24-23(26)18(3)29-20-7-5-4-6-8-20/h4-15,18,25H,1-3H3,(H,24,26)/t18-/m0/s1. The van der Waals surface area contributed by atoms with E-state index in [0.29, 0.717) is 17.1 Å². The molecule has 6 nitrogen and oxygen atoms in total. The summed E-state index contributed by atoms with van der Waals surface area (Å²) >= 11 is 0. The highest BCUT2D eigenvalue weighted by atomic mass is 32.2. The van der Waals surface area contributed by atoms with Gasteiger partial charge < -0.3 is 10.1 Å². The SMILES string of the molecule is Cc1ccc(C)c(NS(=O)(=O)c2ccc(NC(=O)[C@H](C)Oc3ccccc3)cc2)c1. The van der Waals surface area contributed by atoms with Crippen LogP contribution >= 0.6 is 0 Å². The Hall–Kier alpha value is -3.32. The molecule has 0 unspecified atom stereocenters. The molecule has 0 aliphatic rings. The number of aryl methyl sites for hydroxylation is 2.